The molecule has 1 saturated heterocycles. The number of hydrogen-bond donors (Lipinski definition) is 0. The van der Waals surface area contributed by atoms with E-state index in [1.54, 1.807) is 12.1 Å². The van der Waals surface area contributed by atoms with E-state index in [4.69, 9.17) is 23.2 Å². The Balaban J connectivity index is 2.53. The highest BCUT2D eigenvalue weighted by Crippen LogP contribution is 2.36. The van der Waals surface area contributed by atoms with Gasteiger partial charge in [0.05, 0.1) is 39.5 Å². The molecule has 1 aliphatic rings. The van der Waals surface area contributed by atoms with Crippen LogP contribution < -0.4 is 4.31 Å². The maximum Gasteiger partial charge on any atom is 0.232 e. The molecule has 0 unspecified atom stereocenters. The summed E-state index contributed by atoms with van der Waals surface area (Å²) in [6.07, 6.45) is 1.27. The predicted octanol–water partition coefficient (Wildman–Crippen LogP) is 1.95. The van der Waals surface area contributed by atoms with Gasteiger partial charge >= 0.3 is 0 Å². The van der Waals surface area contributed by atoms with Crippen molar-refractivity contribution in [2.45, 2.75) is 12.5 Å². The molecule has 0 radical (unpaired) electrons. The zero-order chi connectivity index (χ0) is 15.1. The van der Waals surface area contributed by atoms with Gasteiger partial charge in [0.1, 0.15) is 0 Å². The molecule has 5 nitrogen and oxygen atoms in total. The third-order valence-corrected chi connectivity index (χ3v) is 6.83. The molecule has 2 rings (SSSR count). The van der Waals surface area contributed by atoms with E-state index in [2.05, 4.69) is 0 Å². The monoisotopic (exact) mass is 357 g/mol. The van der Waals surface area contributed by atoms with Crippen molar-refractivity contribution >= 4 is 48.7 Å². The van der Waals surface area contributed by atoms with Crippen LogP contribution in [0.15, 0.2) is 18.2 Å². The van der Waals surface area contributed by atoms with Crippen LogP contribution in [0.3, 0.4) is 0 Å². The minimum absolute atomic E-state index is 0.0259. The van der Waals surface area contributed by atoms with Gasteiger partial charge < -0.3 is 0 Å². The summed E-state index contributed by atoms with van der Waals surface area (Å²) in [4.78, 5) is 0. The van der Waals surface area contributed by atoms with E-state index in [-0.39, 0.29) is 33.7 Å². The van der Waals surface area contributed by atoms with Crippen LogP contribution in [0, 0.1) is 0 Å². The molecule has 1 aliphatic heterocycles. The lowest BCUT2D eigenvalue weighted by molar-refractivity contribution is 0.586. The first-order valence-corrected chi connectivity index (χ1v) is 10.2. The maximum absolute atomic E-state index is 12.0. The molecule has 0 bridgehead atoms. The number of hydrogen-bond acceptors (Lipinski definition) is 4. The Morgan fingerprint density at radius 2 is 1.95 bits per heavy atom. The van der Waals surface area contributed by atoms with Crippen molar-refractivity contribution in [1.29, 1.82) is 0 Å². The highest BCUT2D eigenvalue weighted by molar-refractivity contribution is 7.93. The first-order valence-electron chi connectivity index (χ1n) is 5.76. The molecule has 0 aliphatic carbocycles. The van der Waals surface area contributed by atoms with Crippen LogP contribution in [-0.4, -0.2) is 40.6 Å². The Labute approximate surface area is 128 Å². The van der Waals surface area contributed by atoms with Gasteiger partial charge in [0.25, 0.3) is 0 Å². The van der Waals surface area contributed by atoms with E-state index in [9.17, 15) is 16.8 Å². The third kappa shape index (κ3) is 3.21. The molecule has 1 heterocycles. The summed E-state index contributed by atoms with van der Waals surface area (Å²) in [5.74, 6) is -0.231. The predicted molar refractivity (Wildman–Crippen MR) is 80.8 cm³/mol. The quantitative estimate of drug-likeness (QED) is 0.828. The zero-order valence-corrected chi connectivity index (χ0v) is 13.7. The van der Waals surface area contributed by atoms with E-state index in [0.717, 1.165) is 10.6 Å². The lowest BCUT2D eigenvalue weighted by atomic mass is 10.2. The van der Waals surface area contributed by atoms with E-state index in [0.29, 0.717) is 0 Å². The molecule has 0 spiro atoms. The average Bonchev–Trinajstić information content (AvgIpc) is 2.63. The van der Waals surface area contributed by atoms with E-state index < -0.39 is 25.9 Å². The summed E-state index contributed by atoms with van der Waals surface area (Å²) < 4.78 is 48.3. The highest BCUT2D eigenvalue weighted by Gasteiger charge is 2.37. The van der Waals surface area contributed by atoms with Gasteiger partial charge in [0.15, 0.2) is 9.84 Å². The van der Waals surface area contributed by atoms with Gasteiger partial charge in [-0.25, -0.2) is 16.8 Å². The summed E-state index contributed by atoms with van der Waals surface area (Å²) in [5.41, 5.74) is 0.212. The Hall–Kier alpha value is -0.500. The maximum atomic E-state index is 12.0. The number of nitrogens with zero attached hydrogens (tertiary/aromatic N) is 1. The number of benzene rings is 1. The molecule has 1 fully saturated rings. The van der Waals surface area contributed by atoms with Gasteiger partial charge in [0.2, 0.25) is 10.0 Å². The molecule has 0 saturated carbocycles. The van der Waals surface area contributed by atoms with Crippen LogP contribution in [0.4, 0.5) is 5.69 Å². The van der Waals surface area contributed by atoms with Crippen LogP contribution in [0.5, 0.6) is 0 Å². The molecule has 0 aromatic heterocycles. The van der Waals surface area contributed by atoms with Crippen molar-refractivity contribution in [3.8, 4) is 0 Å². The van der Waals surface area contributed by atoms with Gasteiger partial charge in [-0.1, -0.05) is 29.3 Å². The van der Waals surface area contributed by atoms with Gasteiger partial charge in [-0.15, -0.1) is 0 Å². The fourth-order valence-electron chi connectivity index (χ4n) is 2.27. The van der Waals surface area contributed by atoms with E-state index in [1.807, 2.05) is 0 Å². The Bertz CT molecular complexity index is 731. The van der Waals surface area contributed by atoms with Gasteiger partial charge in [-0.2, -0.15) is 0 Å². The standard InChI is InChI=1S/C11H13Cl2NO4S2/c1-19(15,16)14(8-5-6-20(17,18)7-8)10-4-2-3-9(12)11(10)13/h2-4,8H,5-7H2,1H3/t8-/m0/s1. The molecule has 1 aromatic carbocycles. The summed E-state index contributed by atoms with van der Waals surface area (Å²) in [6.45, 7) is 0. The van der Waals surface area contributed by atoms with Gasteiger partial charge in [0, 0.05) is 0 Å². The van der Waals surface area contributed by atoms with Gasteiger partial charge in [-0.05, 0) is 18.6 Å². The second kappa shape index (κ2) is 5.36. The minimum Gasteiger partial charge on any atom is -0.265 e. The molecular formula is C11H13Cl2NO4S2. The Kier molecular flexibility index (Phi) is 4.26. The van der Waals surface area contributed by atoms with Crippen molar-refractivity contribution in [1.82, 2.24) is 0 Å². The first kappa shape index (κ1) is 15.9. The Morgan fingerprint density at radius 1 is 1.30 bits per heavy atom. The molecule has 1 aromatic rings. The second-order valence-electron chi connectivity index (χ2n) is 4.69. The minimum atomic E-state index is -3.67. The summed E-state index contributed by atoms with van der Waals surface area (Å²) >= 11 is 12.0. The van der Waals surface area contributed by atoms with E-state index >= 15 is 0 Å². The molecule has 0 amide bonds. The highest BCUT2D eigenvalue weighted by atomic mass is 35.5. The molecule has 112 valence electrons. The van der Waals surface area contributed by atoms with Crippen molar-refractivity contribution in [2.24, 2.45) is 0 Å². The van der Waals surface area contributed by atoms with Crippen LogP contribution in [0.2, 0.25) is 10.0 Å². The largest absolute Gasteiger partial charge is 0.265 e. The number of sulfonamides is 1. The van der Waals surface area contributed by atoms with Crippen LogP contribution in [0.1, 0.15) is 6.42 Å². The lowest BCUT2D eigenvalue weighted by Crippen LogP contribution is -2.40. The van der Waals surface area contributed by atoms with E-state index in [1.165, 1.54) is 6.07 Å². The smallest absolute Gasteiger partial charge is 0.232 e. The number of anilines is 1. The molecule has 0 N–H and O–H groups in total. The van der Waals surface area contributed by atoms with Crippen molar-refractivity contribution in [3.63, 3.8) is 0 Å². The second-order valence-corrected chi connectivity index (χ2v) is 9.56. The number of halogens is 2. The average molecular weight is 358 g/mol. The van der Waals surface area contributed by atoms with Crippen molar-refractivity contribution < 1.29 is 16.8 Å². The normalized spacial score (nSPS) is 21.9. The first-order chi connectivity index (χ1) is 9.12. The Morgan fingerprint density at radius 3 is 2.45 bits per heavy atom. The zero-order valence-electron chi connectivity index (χ0n) is 10.6. The molecule has 1 atom stereocenters. The topological polar surface area (TPSA) is 71.5 Å². The summed E-state index contributed by atoms with van der Waals surface area (Å²) in [6, 6.07) is 3.98. The van der Waals surface area contributed by atoms with Crippen LogP contribution in [-0.2, 0) is 19.9 Å². The van der Waals surface area contributed by atoms with Crippen LogP contribution in [0.25, 0.3) is 0 Å². The summed E-state index contributed by atoms with van der Waals surface area (Å²) in [7, 11) is -6.88. The SMILES string of the molecule is CS(=O)(=O)N(c1cccc(Cl)c1Cl)[C@H]1CCS(=O)(=O)C1. The van der Waals surface area contributed by atoms with Crippen molar-refractivity contribution in [3.05, 3.63) is 28.2 Å². The molecule has 20 heavy (non-hydrogen) atoms. The van der Waals surface area contributed by atoms with Crippen LogP contribution >= 0.6 is 23.2 Å². The number of rotatable bonds is 3. The fourth-order valence-corrected chi connectivity index (χ4v) is 5.73. The fraction of sp³-hybridized carbons (Fsp3) is 0.455. The third-order valence-electron chi connectivity index (χ3n) is 3.07. The van der Waals surface area contributed by atoms with Crippen molar-refractivity contribution in [2.75, 3.05) is 22.1 Å². The van der Waals surface area contributed by atoms with Gasteiger partial charge in [-0.3, -0.25) is 4.31 Å². The number of sulfone groups is 1. The summed E-state index contributed by atoms with van der Waals surface area (Å²) in [5, 5.41) is 0.322. The molecule has 9 heteroatoms. The molecular weight excluding hydrogens is 345 g/mol. The lowest BCUT2D eigenvalue weighted by Gasteiger charge is -2.28.